The number of anilines is 1. The Bertz CT molecular complexity index is 1110. The molecule has 1 N–H and O–H groups in total. The molecular formula is C24H22N4OS. The standard InChI is InChI=1S/C24H22N4OS/c1-28-22(16-18-8-4-2-5-9-18)26-27-24(28)30-17-19-12-14-20(15-13-19)23(29)25-21-10-6-3-7-11-21/h2-15H,16-17H2,1H3,(H,25,29). The van der Waals surface area contributed by atoms with Gasteiger partial charge in [-0.1, -0.05) is 72.4 Å². The molecule has 1 heterocycles. The van der Waals surface area contributed by atoms with Crippen molar-refractivity contribution in [1.82, 2.24) is 14.8 Å². The number of nitrogens with zero attached hydrogens (tertiary/aromatic N) is 3. The first kappa shape index (κ1) is 19.9. The van der Waals surface area contributed by atoms with Crippen LogP contribution in [0.5, 0.6) is 0 Å². The molecule has 0 aliphatic rings. The van der Waals surface area contributed by atoms with Crippen molar-refractivity contribution in [2.24, 2.45) is 7.05 Å². The molecule has 0 aliphatic heterocycles. The number of thioether (sulfide) groups is 1. The molecule has 0 atom stereocenters. The van der Waals surface area contributed by atoms with E-state index in [0.29, 0.717) is 5.56 Å². The van der Waals surface area contributed by atoms with E-state index in [4.69, 9.17) is 0 Å². The van der Waals surface area contributed by atoms with Crippen molar-refractivity contribution in [1.29, 1.82) is 0 Å². The van der Waals surface area contributed by atoms with Crippen LogP contribution in [0.4, 0.5) is 5.69 Å². The fraction of sp³-hybridized carbons (Fsp3) is 0.125. The molecule has 0 unspecified atom stereocenters. The molecule has 150 valence electrons. The minimum absolute atomic E-state index is 0.112. The summed E-state index contributed by atoms with van der Waals surface area (Å²) in [5, 5.41) is 12.5. The summed E-state index contributed by atoms with van der Waals surface area (Å²) in [4.78, 5) is 12.4. The molecule has 4 aromatic rings. The van der Waals surface area contributed by atoms with Crippen molar-refractivity contribution in [3.63, 3.8) is 0 Å². The van der Waals surface area contributed by atoms with Crippen LogP contribution < -0.4 is 5.32 Å². The Hall–Kier alpha value is -3.38. The summed E-state index contributed by atoms with van der Waals surface area (Å²) in [6.45, 7) is 0. The maximum absolute atomic E-state index is 12.4. The largest absolute Gasteiger partial charge is 0.322 e. The van der Waals surface area contributed by atoms with Gasteiger partial charge >= 0.3 is 0 Å². The fourth-order valence-corrected chi connectivity index (χ4v) is 3.91. The number of amides is 1. The minimum atomic E-state index is -0.112. The molecule has 0 fully saturated rings. The van der Waals surface area contributed by atoms with Gasteiger partial charge in [0.25, 0.3) is 5.91 Å². The highest BCUT2D eigenvalue weighted by atomic mass is 32.2. The Labute approximate surface area is 180 Å². The second-order valence-electron chi connectivity index (χ2n) is 6.93. The van der Waals surface area contributed by atoms with Crippen LogP contribution in [0, 0.1) is 0 Å². The van der Waals surface area contributed by atoms with Crippen LogP contribution in [0.1, 0.15) is 27.3 Å². The summed E-state index contributed by atoms with van der Waals surface area (Å²) >= 11 is 1.64. The van der Waals surface area contributed by atoms with Gasteiger partial charge in [-0.15, -0.1) is 10.2 Å². The topological polar surface area (TPSA) is 59.8 Å². The lowest BCUT2D eigenvalue weighted by Crippen LogP contribution is -2.11. The van der Waals surface area contributed by atoms with Crippen LogP contribution in [0.25, 0.3) is 0 Å². The third-order valence-corrected chi connectivity index (χ3v) is 5.84. The molecule has 0 bridgehead atoms. The number of nitrogens with one attached hydrogen (secondary N) is 1. The summed E-state index contributed by atoms with van der Waals surface area (Å²) in [7, 11) is 2.00. The van der Waals surface area contributed by atoms with Gasteiger partial charge in [-0.3, -0.25) is 4.79 Å². The molecule has 1 aromatic heterocycles. The van der Waals surface area contributed by atoms with Crippen molar-refractivity contribution in [2.75, 3.05) is 5.32 Å². The summed E-state index contributed by atoms with van der Waals surface area (Å²) in [5.74, 6) is 1.59. The molecule has 6 heteroatoms. The van der Waals surface area contributed by atoms with Crippen LogP contribution in [-0.4, -0.2) is 20.7 Å². The zero-order valence-electron chi connectivity index (χ0n) is 16.7. The Kier molecular flexibility index (Phi) is 6.25. The van der Waals surface area contributed by atoms with E-state index in [1.807, 2.05) is 84.4 Å². The third kappa shape index (κ3) is 4.96. The Morgan fingerprint density at radius 1 is 0.867 bits per heavy atom. The van der Waals surface area contributed by atoms with E-state index in [0.717, 1.165) is 34.4 Å². The van der Waals surface area contributed by atoms with Gasteiger partial charge in [0, 0.05) is 30.5 Å². The molecule has 0 aliphatic carbocycles. The Morgan fingerprint density at radius 3 is 2.23 bits per heavy atom. The molecule has 0 spiro atoms. The lowest BCUT2D eigenvalue weighted by molar-refractivity contribution is 0.102. The zero-order chi connectivity index (χ0) is 20.8. The molecule has 0 saturated carbocycles. The van der Waals surface area contributed by atoms with Crippen molar-refractivity contribution >= 4 is 23.4 Å². The highest BCUT2D eigenvalue weighted by molar-refractivity contribution is 7.98. The van der Waals surface area contributed by atoms with E-state index >= 15 is 0 Å². The normalized spacial score (nSPS) is 10.7. The first-order valence-corrected chi connectivity index (χ1v) is 10.7. The summed E-state index contributed by atoms with van der Waals surface area (Å²) in [5.41, 5.74) is 3.77. The molecule has 4 rings (SSSR count). The monoisotopic (exact) mass is 414 g/mol. The minimum Gasteiger partial charge on any atom is -0.322 e. The molecule has 5 nitrogen and oxygen atoms in total. The molecule has 30 heavy (non-hydrogen) atoms. The highest BCUT2D eigenvalue weighted by Crippen LogP contribution is 2.22. The molecule has 1 amide bonds. The first-order chi connectivity index (χ1) is 14.7. The number of benzene rings is 3. The number of para-hydroxylation sites is 1. The second-order valence-corrected chi connectivity index (χ2v) is 7.87. The van der Waals surface area contributed by atoms with Gasteiger partial charge in [0.15, 0.2) is 5.16 Å². The van der Waals surface area contributed by atoms with E-state index in [1.54, 1.807) is 11.8 Å². The predicted molar refractivity (Wildman–Crippen MR) is 121 cm³/mol. The van der Waals surface area contributed by atoms with E-state index < -0.39 is 0 Å². The van der Waals surface area contributed by atoms with Crippen molar-refractivity contribution < 1.29 is 4.79 Å². The quantitative estimate of drug-likeness (QED) is 0.435. The summed E-state index contributed by atoms with van der Waals surface area (Å²) in [6, 6.07) is 27.4. The SMILES string of the molecule is Cn1c(Cc2ccccc2)nnc1SCc1ccc(C(=O)Nc2ccccc2)cc1. The van der Waals surface area contributed by atoms with Gasteiger partial charge in [0.1, 0.15) is 5.82 Å². The van der Waals surface area contributed by atoms with Gasteiger partial charge in [-0.05, 0) is 35.4 Å². The average molecular weight is 415 g/mol. The molecular weight excluding hydrogens is 392 g/mol. The maximum Gasteiger partial charge on any atom is 0.255 e. The smallest absolute Gasteiger partial charge is 0.255 e. The van der Waals surface area contributed by atoms with Crippen LogP contribution in [-0.2, 0) is 19.2 Å². The zero-order valence-corrected chi connectivity index (χ0v) is 17.5. The number of carbonyl (C=O) groups excluding carboxylic acids is 1. The van der Waals surface area contributed by atoms with Crippen LogP contribution >= 0.6 is 11.8 Å². The van der Waals surface area contributed by atoms with Crippen molar-refractivity contribution in [2.45, 2.75) is 17.3 Å². The molecule has 0 saturated heterocycles. The number of aromatic nitrogens is 3. The number of rotatable bonds is 7. The van der Waals surface area contributed by atoms with E-state index in [9.17, 15) is 4.79 Å². The van der Waals surface area contributed by atoms with E-state index in [2.05, 4.69) is 27.6 Å². The lowest BCUT2D eigenvalue weighted by Gasteiger charge is -2.07. The van der Waals surface area contributed by atoms with E-state index in [-0.39, 0.29) is 5.91 Å². The Morgan fingerprint density at radius 2 is 1.53 bits per heavy atom. The van der Waals surface area contributed by atoms with E-state index in [1.165, 1.54) is 5.56 Å². The van der Waals surface area contributed by atoms with Crippen molar-refractivity contribution in [3.8, 4) is 0 Å². The summed E-state index contributed by atoms with van der Waals surface area (Å²) < 4.78 is 2.04. The number of hydrogen-bond donors (Lipinski definition) is 1. The fourth-order valence-electron chi connectivity index (χ4n) is 3.03. The van der Waals surface area contributed by atoms with Gasteiger partial charge < -0.3 is 9.88 Å². The van der Waals surface area contributed by atoms with Gasteiger partial charge in [0.05, 0.1) is 0 Å². The third-order valence-electron chi connectivity index (χ3n) is 4.75. The van der Waals surface area contributed by atoms with Crippen molar-refractivity contribution in [3.05, 3.63) is 107 Å². The van der Waals surface area contributed by atoms with Gasteiger partial charge in [-0.2, -0.15) is 0 Å². The van der Waals surface area contributed by atoms with Gasteiger partial charge in [0.2, 0.25) is 0 Å². The molecule has 0 radical (unpaired) electrons. The molecule has 3 aromatic carbocycles. The van der Waals surface area contributed by atoms with Crippen LogP contribution in [0.3, 0.4) is 0 Å². The maximum atomic E-state index is 12.4. The number of carbonyl (C=O) groups is 1. The van der Waals surface area contributed by atoms with Crippen LogP contribution in [0.2, 0.25) is 0 Å². The summed E-state index contributed by atoms with van der Waals surface area (Å²) in [6.07, 6.45) is 0.760. The van der Waals surface area contributed by atoms with Gasteiger partial charge in [-0.25, -0.2) is 0 Å². The Balaban J connectivity index is 1.35. The predicted octanol–water partition coefficient (Wildman–Crippen LogP) is 4.95. The average Bonchev–Trinajstić information content (AvgIpc) is 3.13. The highest BCUT2D eigenvalue weighted by Gasteiger charge is 2.11. The first-order valence-electron chi connectivity index (χ1n) is 9.69. The number of hydrogen-bond acceptors (Lipinski definition) is 4. The lowest BCUT2D eigenvalue weighted by atomic mass is 10.1. The second kappa shape index (κ2) is 9.41. The van der Waals surface area contributed by atoms with Crippen LogP contribution in [0.15, 0.2) is 90.1 Å².